The van der Waals surface area contributed by atoms with Gasteiger partial charge >= 0.3 is 6.61 Å². The summed E-state index contributed by atoms with van der Waals surface area (Å²) in [5.74, 6) is 0.587. The van der Waals surface area contributed by atoms with Gasteiger partial charge in [0.05, 0.1) is 6.54 Å². The molecule has 0 fully saturated rings. The molecule has 168 valence electrons. The van der Waals surface area contributed by atoms with Crippen LogP contribution in [0.15, 0.2) is 53.5 Å². The van der Waals surface area contributed by atoms with Gasteiger partial charge < -0.3 is 20.7 Å². The van der Waals surface area contributed by atoms with Gasteiger partial charge in [0, 0.05) is 30.3 Å². The van der Waals surface area contributed by atoms with Crippen molar-refractivity contribution in [3.05, 3.63) is 65.2 Å². The van der Waals surface area contributed by atoms with Crippen molar-refractivity contribution in [2.45, 2.75) is 52.9 Å². The number of para-hydroxylation sites is 1. The van der Waals surface area contributed by atoms with E-state index in [1.54, 1.807) is 30.3 Å². The summed E-state index contributed by atoms with van der Waals surface area (Å²) in [6, 6.07) is 14.0. The molecule has 8 heteroatoms. The molecule has 1 amide bonds. The van der Waals surface area contributed by atoms with Crippen LogP contribution in [0.3, 0.4) is 0 Å². The number of halogens is 2. The van der Waals surface area contributed by atoms with Crippen molar-refractivity contribution >= 4 is 11.9 Å². The van der Waals surface area contributed by atoms with Crippen molar-refractivity contribution in [1.29, 1.82) is 0 Å². The van der Waals surface area contributed by atoms with Crippen LogP contribution in [-0.2, 0) is 13.1 Å². The molecule has 1 unspecified atom stereocenters. The molecule has 2 aromatic rings. The summed E-state index contributed by atoms with van der Waals surface area (Å²) in [5, 5.41) is 9.19. The van der Waals surface area contributed by atoms with Gasteiger partial charge in [0.15, 0.2) is 5.96 Å². The molecule has 1 atom stereocenters. The van der Waals surface area contributed by atoms with Crippen molar-refractivity contribution in [2.75, 3.05) is 6.54 Å². The smallest absolute Gasteiger partial charge is 0.387 e. The first-order chi connectivity index (χ1) is 14.9. The van der Waals surface area contributed by atoms with E-state index in [9.17, 15) is 13.6 Å². The van der Waals surface area contributed by atoms with Crippen LogP contribution in [-0.4, -0.2) is 31.1 Å². The zero-order chi connectivity index (χ0) is 22.6. The Kier molecular flexibility index (Phi) is 9.74. The Morgan fingerprint density at radius 1 is 1.06 bits per heavy atom. The quantitative estimate of drug-likeness (QED) is 0.391. The number of aliphatic imine (C=N–C) groups is 1. The first-order valence-electron chi connectivity index (χ1n) is 10.4. The van der Waals surface area contributed by atoms with E-state index in [1.807, 2.05) is 32.9 Å². The average molecular weight is 433 g/mol. The van der Waals surface area contributed by atoms with Crippen LogP contribution < -0.4 is 20.7 Å². The Labute approximate surface area is 182 Å². The van der Waals surface area contributed by atoms with Crippen molar-refractivity contribution < 1.29 is 18.3 Å². The molecular weight excluding hydrogens is 402 g/mol. The number of rotatable bonds is 10. The first kappa shape index (κ1) is 24.1. The highest BCUT2D eigenvalue weighted by molar-refractivity contribution is 5.94. The fraction of sp³-hybridized carbons (Fsp3) is 0.391. The van der Waals surface area contributed by atoms with Gasteiger partial charge in [0.2, 0.25) is 0 Å². The summed E-state index contributed by atoms with van der Waals surface area (Å²) < 4.78 is 29.7. The molecule has 0 spiro atoms. The second-order valence-electron chi connectivity index (χ2n) is 7.01. The Hall–Kier alpha value is -3.16. The number of alkyl halides is 2. The van der Waals surface area contributed by atoms with Gasteiger partial charge in [0.25, 0.3) is 5.91 Å². The zero-order valence-electron chi connectivity index (χ0n) is 18.1. The Bertz CT molecular complexity index is 857. The summed E-state index contributed by atoms with van der Waals surface area (Å²) in [5.41, 5.74) is 2.15. The predicted octanol–water partition coefficient (Wildman–Crippen LogP) is 4.07. The van der Waals surface area contributed by atoms with Crippen LogP contribution >= 0.6 is 0 Å². The molecule has 0 radical (unpaired) electrons. The highest BCUT2D eigenvalue weighted by Gasteiger charge is 2.10. The van der Waals surface area contributed by atoms with Crippen LogP contribution in [0.5, 0.6) is 5.75 Å². The molecule has 0 aliphatic heterocycles. The summed E-state index contributed by atoms with van der Waals surface area (Å²) in [6.45, 7) is 4.38. The van der Waals surface area contributed by atoms with Crippen molar-refractivity contribution in [2.24, 2.45) is 4.99 Å². The molecule has 0 aliphatic rings. The predicted molar refractivity (Wildman–Crippen MR) is 118 cm³/mol. The number of ether oxygens (including phenoxy) is 1. The lowest BCUT2D eigenvalue weighted by Gasteiger charge is -2.14. The van der Waals surface area contributed by atoms with E-state index in [0.717, 1.165) is 12.0 Å². The number of carbonyl (C=O) groups is 1. The lowest BCUT2D eigenvalue weighted by molar-refractivity contribution is -0.0504. The first-order valence-corrected chi connectivity index (χ1v) is 10.4. The molecule has 0 saturated carbocycles. The molecule has 2 aromatic carbocycles. The fourth-order valence-corrected chi connectivity index (χ4v) is 2.72. The highest BCUT2D eigenvalue weighted by Crippen LogP contribution is 2.19. The number of hydrogen-bond acceptors (Lipinski definition) is 3. The van der Waals surface area contributed by atoms with E-state index < -0.39 is 6.61 Å². The Morgan fingerprint density at radius 3 is 2.42 bits per heavy atom. The SMILES string of the molecule is CCNC(=NCc1ccc(C(=O)NC(C)CC)cc1)NCc1ccccc1OC(F)F. The normalized spacial score (nSPS) is 12.4. The number of hydrogen-bond donors (Lipinski definition) is 3. The third-order valence-corrected chi connectivity index (χ3v) is 4.60. The lowest BCUT2D eigenvalue weighted by atomic mass is 10.1. The standard InChI is InChI=1S/C23H30F2N4O2/c1-4-16(3)29-21(30)18-12-10-17(11-13-18)14-27-23(26-5-2)28-15-19-8-6-7-9-20(19)31-22(24)25/h6-13,16,22H,4-5,14-15H2,1-3H3,(H,29,30)(H2,26,27,28). The number of guanidine groups is 1. The summed E-state index contributed by atoms with van der Waals surface area (Å²) >= 11 is 0. The van der Waals surface area contributed by atoms with Crippen molar-refractivity contribution in [3.63, 3.8) is 0 Å². The second kappa shape index (κ2) is 12.5. The van der Waals surface area contributed by atoms with E-state index in [4.69, 9.17) is 0 Å². The van der Waals surface area contributed by atoms with E-state index in [0.29, 0.717) is 30.2 Å². The Balaban J connectivity index is 1.99. The van der Waals surface area contributed by atoms with Crippen molar-refractivity contribution in [3.8, 4) is 5.75 Å². The van der Waals surface area contributed by atoms with Crippen LogP contribution in [0.25, 0.3) is 0 Å². The molecule has 0 bridgehead atoms. The molecule has 0 saturated heterocycles. The molecule has 0 aromatic heterocycles. The summed E-state index contributed by atoms with van der Waals surface area (Å²) in [7, 11) is 0. The summed E-state index contributed by atoms with van der Waals surface area (Å²) in [6.07, 6.45) is 0.873. The van der Waals surface area contributed by atoms with Gasteiger partial charge in [-0.15, -0.1) is 0 Å². The van der Waals surface area contributed by atoms with E-state index in [1.165, 1.54) is 6.07 Å². The minimum atomic E-state index is -2.88. The highest BCUT2D eigenvalue weighted by atomic mass is 19.3. The molecule has 3 N–H and O–H groups in total. The maximum atomic E-state index is 12.6. The van der Waals surface area contributed by atoms with Gasteiger partial charge in [-0.2, -0.15) is 8.78 Å². The third-order valence-electron chi connectivity index (χ3n) is 4.60. The monoisotopic (exact) mass is 432 g/mol. The fourth-order valence-electron chi connectivity index (χ4n) is 2.72. The number of benzene rings is 2. The van der Waals surface area contributed by atoms with E-state index in [2.05, 4.69) is 25.7 Å². The minimum Gasteiger partial charge on any atom is -0.434 e. The topological polar surface area (TPSA) is 74.8 Å². The molecule has 0 aliphatic carbocycles. The molecule has 0 heterocycles. The molecule has 2 rings (SSSR count). The van der Waals surface area contributed by atoms with Gasteiger partial charge in [-0.25, -0.2) is 4.99 Å². The third kappa shape index (κ3) is 8.24. The molecule has 6 nitrogen and oxygen atoms in total. The van der Waals surface area contributed by atoms with Crippen LogP contribution in [0, 0.1) is 0 Å². The maximum Gasteiger partial charge on any atom is 0.387 e. The van der Waals surface area contributed by atoms with Crippen LogP contribution in [0.1, 0.15) is 48.7 Å². The van der Waals surface area contributed by atoms with Crippen LogP contribution in [0.2, 0.25) is 0 Å². The minimum absolute atomic E-state index is 0.0934. The summed E-state index contributed by atoms with van der Waals surface area (Å²) in [4.78, 5) is 16.7. The number of carbonyl (C=O) groups excluding carboxylic acids is 1. The zero-order valence-corrected chi connectivity index (χ0v) is 18.1. The van der Waals surface area contributed by atoms with Crippen molar-refractivity contribution in [1.82, 2.24) is 16.0 Å². The van der Waals surface area contributed by atoms with E-state index in [-0.39, 0.29) is 24.2 Å². The molecule has 31 heavy (non-hydrogen) atoms. The second-order valence-corrected chi connectivity index (χ2v) is 7.01. The van der Waals surface area contributed by atoms with E-state index >= 15 is 0 Å². The number of amides is 1. The van der Waals surface area contributed by atoms with Gasteiger partial charge in [0.1, 0.15) is 5.75 Å². The number of nitrogens with one attached hydrogen (secondary N) is 3. The van der Waals surface area contributed by atoms with Crippen LogP contribution in [0.4, 0.5) is 8.78 Å². The van der Waals surface area contributed by atoms with Gasteiger partial charge in [-0.1, -0.05) is 37.3 Å². The molecular formula is C23H30F2N4O2. The van der Waals surface area contributed by atoms with Gasteiger partial charge in [-0.3, -0.25) is 4.79 Å². The van der Waals surface area contributed by atoms with Gasteiger partial charge in [-0.05, 0) is 44.0 Å². The maximum absolute atomic E-state index is 12.6. The average Bonchev–Trinajstić information content (AvgIpc) is 2.76. The lowest BCUT2D eigenvalue weighted by Crippen LogP contribution is -2.36. The Morgan fingerprint density at radius 2 is 1.77 bits per heavy atom. The number of nitrogens with zero attached hydrogens (tertiary/aromatic N) is 1. The largest absolute Gasteiger partial charge is 0.434 e.